The summed E-state index contributed by atoms with van der Waals surface area (Å²) in [7, 11) is 0. The third kappa shape index (κ3) is 4.24. The molecule has 0 radical (unpaired) electrons. The van der Waals surface area contributed by atoms with Crippen molar-refractivity contribution in [3.05, 3.63) is 29.8 Å². The molecule has 0 aromatic heterocycles. The molecule has 1 aromatic rings. The molecular formula is C18H29NO. The normalized spacial score (nSPS) is 18.1. The van der Waals surface area contributed by atoms with Crippen molar-refractivity contribution < 1.29 is 4.74 Å². The molecule has 1 saturated carbocycles. The van der Waals surface area contributed by atoms with Gasteiger partial charge in [0.1, 0.15) is 11.9 Å². The third-order valence-corrected chi connectivity index (χ3v) is 4.27. The molecule has 1 aromatic carbocycles. The van der Waals surface area contributed by atoms with E-state index in [0.717, 1.165) is 24.8 Å². The fourth-order valence-corrected chi connectivity index (χ4v) is 2.36. The first kappa shape index (κ1) is 15.4. The van der Waals surface area contributed by atoms with E-state index in [4.69, 9.17) is 4.74 Å². The summed E-state index contributed by atoms with van der Waals surface area (Å²) in [6, 6.07) is 9.25. The SMILES string of the molecule is CCC(C)c1ccccc1OC(CNC1CC1)C(C)C. The van der Waals surface area contributed by atoms with E-state index in [-0.39, 0.29) is 6.10 Å². The van der Waals surface area contributed by atoms with Gasteiger partial charge in [-0.15, -0.1) is 0 Å². The van der Waals surface area contributed by atoms with E-state index in [1.54, 1.807) is 0 Å². The first-order valence-electron chi connectivity index (χ1n) is 8.10. The smallest absolute Gasteiger partial charge is 0.123 e. The molecule has 2 unspecified atom stereocenters. The van der Waals surface area contributed by atoms with Crippen molar-refractivity contribution in [2.45, 2.75) is 65.0 Å². The molecule has 0 bridgehead atoms. The zero-order valence-corrected chi connectivity index (χ0v) is 13.4. The average molecular weight is 275 g/mol. The molecule has 1 aliphatic carbocycles. The Morgan fingerprint density at radius 2 is 1.90 bits per heavy atom. The molecule has 2 heteroatoms. The Hall–Kier alpha value is -1.02. The van der Waals surface area contributed by atoms with Crippen LogP contribution in [0.1, 0.15) is 58.4 Å². The molecule has 0 heterocycles. The van der Waals surface area contributed by atoms with Crippen LogP contribution in [0, 0.1) is 5.92 Å². The summed E-state index contributed by atoms with van der Waals surface area (Å²) in [6.45, 7) is 9.94. The van der Waals surface area contributed by atoms with E-state index >= 15 is 0 Å². The van der Waals surface area contributed by atoms with Crippen LogP contribution >= 0.6 is 0 Å². The Labute approximate surface area is 123 Å². The minimum absolute atomic E-state index is 0.251. The van der Waals surface area contributed by atoms with Crippen LogP contribution in [-0.4, -0.2) is 18.7 Å². The van der Waals surface area contributed by atoms with Crippen LogP contribution in [0.25, 0.3) is 0 Å². The predicted octanol–water partition coefficient (Wildman–Crippen LogP) is 4.36. The molecule has 1 aliphatic rings. The lowest BCUT2D eigenvalue weighted by Gasteiger charge is -2.25. The fraction of sp³-hybridized carbons (Fsp3) is 0.667. The summed E-state index contributed by atoms with van der Waals surface area (Å²) in [6.07, 6.45) is 4.05. The number of rotatable bonds is 8. The van der Waals surface area contributed by atoms with Crippen LogP contribution in [0.15, 0.2) is 24.3 Å². The van der Waals surface area contributed by atoms with Gasteiger partial charge in [0.2, 0.25) is 0 Å². The minimum Gasteiger partial charge on any atom is -0.489 e. The maximum absolute atomic E-state index is 6.35. The lowest BCUT2D eigenvalue weighted by atomic mass is 9.97. The van der Waals surface area contributed by atoms with Gasteiger partial charge < -0.3 is 10.1 Å². The Morgan fingerprint density at radius 3 is 2.50 bits per heavy atom. The Bertz CT molecular complexity index is 412. The quantitative estimate of drug-likeness (QED) is 0.761. The van der Waals surface area contributed by atoms with Crippen LogP contribution in [0.4, 0.5) is 0 Å². The van der Waals surface area contributed by atoms with Gasteiger partial charge in [0.25, 0.3) is 0 Å². The third-order valence-electron chi connectivity index (χ3n) is 4.27. The van der Waals surface area contributed by atoms with Gasteiger partial charge in [-0.05, 0) is 42.7 Å². The van der Waals surface area contributed by atoms with E-state index in [9.17, 15) is 0 Å². The molecule has 2 atom stereocenters. The summed E-state index contributed by atoms with van der Waals surface area (Å²) in [5.41, 5.74) is 1.34. The second-order valence-electron chi connectivity index (χ2n) is 6.43. The van der Waals surface area contributed by atoms with E-state index < -0.39 is 0 Å². The van der Waals surface area contributed by atoms with Crippen molar-refractivity contribution in [2.75, 3.05) is 6.54 Å². The highest BCUT2D eigenvalue weighted by atomic mass is 16.5. The second-order valence-corrected chi connectivity index (χ2v) is 6.43. The molecule has 1 fully saturated rings. The first-order valence-corrected chi connectivity index (χ1v) is 8.10. The number of ether oxygens (including phenoxy) is 1. The predicted molar refractivity (Wildman–Crippen MR) is 85.4 cm³/mol. The lowest BCUT2D eigenvalue weighted by molar-refractivity contribution is 0.146. The summed E-state index contributed by atoms with van der Waals surface area (Å²) in [5, 5.41) is 3.60. The molecular weight excluding hydrogens is 246 g/mol. The Balaban J connectivity index is 2.04. The largest absolute Gasteiger partial charge is 0.489 e. The van der Waals surface area contributed by atoms with Gasteiger partial charge in [-0.25, -0.2) is 0 Å². The number of nitrogens with one attached hydrogen (secondary N) is 1. The second kappa shape index (κ2) is 7.12. The van der Waals surface area contributed by atoms with Crippen LogP contribution < -0.4 is 10.1 Å². The van der Waals surface area contributed by atoms with Gasteiger partial charge in [0.15, 0.2) is 0 Å². The van der Waals surface area contributed by atoms with Gasteiger partial charge in [0, 0.05) is 12.6 Å². The standard InChI is InChI=1S/C18H29NO/c1-5-14(4)16-8-6-7-9-17(16)20-18(13(2)3)12-19-15-10-11-15/h6-9,13-15,18-19H,5,10-12H2,1-4H3. The average Bonchev–Trinajstić information content (AvgIpc) is 3.26. The van der Waals surface area contributed by atoms with Crippen molar-refractivity contribution in [1.29, 1.82) is 0 Å². The molecule has 0 aliphatic heterocycles. The van der Waals surface area contributed by atoms with Crippen LogP contribution in [0.2, 0.25) is 0 Å². The molecule has 2 rings (SSSR count). The van der Waals surface area contributed by atoms with Crippen molar-refractivity contribution in [2.24, 2.45) is 5.92 Å². The molecule has 20 heavy (non-hydrogen) atoms. The first-order chi connectivity index (χ1) is 9.61. The summed E-state index contributed by atoms with van der Waals surface area (Å²) >= 11 is 0. The van der Waals surface area contributed by atoms with Crippen molar-refractivity contribution in [1.82, 2.24) is 5.32 Å². The Morgan fingerprint density at radius 1 is 1.20 bits per heavy atom. The van der Waals surface area contributed by atoms with Crippen LogP contribution in [0.5, 0.6) is 5.75 Å². The van der Waals surface area contributed by atoms with Gasteiger partial charge in [0.05, 0.1) is 0 Å². The number of hydrogen-bond acceptors (Lipinski definition) is 2. The topological polar surface area (TPSA) is 21.3 Å². The molecule has 2 nitrogen and oxygen atoms in total. The summed E-state index contributed by atoms with van der Waals surface area (Å²) in [4.78, 5) is 0. The van der Waals surface area contributed by atoms with Crippen LogP contribution in [-0.2, 0) is 0 Å². The highest BCUT2D eigenvalue weighted by Crippen LogP contribution is 2.30. The van der Waals surface area contributed by atoms with E-state index in [1.165, 1.54) is 18.4 Å². The zero-order chi connectivity index (χ0) is 14.5. The lowest BCUT2D eigenvalue weighted by Crippen LogP contribution is -2.36. The maximum atomic E-state index is 6.35. The van der Waals surface area contributed by atoms with Crippen molar-refractivity contribution >= 4 is 0 Å². The monoisotopic (exact) mass is 275 g/mol. The highest BCUT2D eigenvalue weighted by molar-refractivity contribution is 5.36. The molecule has 1 N–H and O–H groups in total. The van der Waals surface area contributed by atoms with Crippen molar-refractivity contribution in [3.63, 3.8) is 0 Å². The highest BCUT2D eigenvalue weighted by Gasteiger charge is 2.24. The molecule has 0 saturated heterocycles. The number of para-hydroxylation sites is 1. The maximum Gasteiger partial charge on any atom is 0.123 e. The molecule has 0 spiro atoms. The van der Waals surface area contributed by atoms with Crippen molar-refractivity contribution in [3.8, 4) is 5.75 Å². The van der Waals surface area contributed by atoms with Gasteiger partial charge in [-0.3, -0.25) is 0 Å². The van der Waals surface area contributed by atoms with E-state index in [0.29, 0.717) is 11.8 Å². The van der Waals surface area contributed by atoms with Gasteiger partial charge in [-0.1, -0.05) is 45.9 Å². The zero-order valence-electron chi connectivity index (χ0n) is 13.4. The van der Waals surface area contributed by atoms with Gasteiger partial charge in [-0.2, -0.15) is 0 Å². The number of benzene rings is 1. The fourth-order valence-electron chi connectivity index (χ4n) is 2.36. The summed E-state index contributed by atoms with van der Waals surface area (Å²) in [5.74, 6) is 2.14. The number of hydrogen-bond donors (Lipinski definition) is 1. The van der Waals surface area contributed by atoms with E-state index in [1.807, 2.05) is 0 Å². The van der Waals surface area contributed by atoms with E-state index in [2.05, 4.69) is 57.3 Å². The van der Waals surface area contributed by atoms with Crippen LogP contribution in [0.3, 0.4) is 0 Å². The summed E-state index contributed by atoms with van der Waals surface area (Å²) < 4.78 is 6.35. The molecule has 0 amide bonds. The molecule has 112 valence electrons. The minimum atomic E-state index is 0.251. The Kier molecular flexibility index (Phi) is 5.47. The van der Waals surface area contributed by atoms with Gasteiger partial charge >= 0.3 is 0 Å².